The number of aromatic nitrogens is 1. The zero-order valence-corrected chi connectivity index (χ0v) is 20.0. The lowest BCUT2D eigenvalue weighted by atomic mass is 10.1. The molecule has 5 heteroatoms. The molecule has 0 saturated heterocycles. The van der Waals surface area contributed by atoms with E-state index in [0.717, 1.165) is 33.5 Å². The lowest BCUT2D eigenvalue weighted by Gasteiger charge is -2.17. The van der Waals surface area contributed by atoms with E-state index in [1.807, 2.05) is 73.7 Å². The van der Waals surface area contributed by atoms with Gasteiger partial charge in [-0.1, -0.05) is 48.5 Å². The lowest BCUT2D eigenvalue weighted by Crippen LogP contribution is -2.21. The van der Waals surface area contributed by atoms with Gasteiger partial charge in [-0.2, -0.15) is 0 Å². The van der Waals surface area contributed by atoms with E-state index >= 15 is 0 Å². The SMILES string of the molecule is Cc1c(COc2cccc(OCCC(C)(C)O)c2)nc2ccccc2c1OCc1ccccc1. The molecule has 0 fully saturated rings. The van der Waals surface area contributed by atoms with Crippen molar-refractivity contribution in [3.63, 3.8) is 0 Å². The number of ether oxygens (including phenoxy) is 3. The van der Waals surface area contributed by atoms with Gasteiger partial charge in [0.2, 0.25) is 0 Å². The molecule has 1 heterocycles. The summed E-state index contributed by atoms with van der Waals surface area (Å²) in [5.41, 5.74) is 3.02. The fourth-order valence-corrected chi connectivity index (χ4v) is 3.61. The topological polar surface area (TPSA) is 60.8 Å². The Labute approximate surface area is 201 Å². The minimum atomic E-state index is -0.756. The molecule has 5 nitrogen and oxygen atoms in total. The van der Waals surface area contributed by atoms with Gasteiger partial charge < -0.3 is 19.3 Å². The average Bonchev–Trinajstić information content (AvgIpc) is 2.82. The minimum Gasteiger partial charge on any atom is -0.493 e. The van der Waals surface area contributed by atoms with E-state index in [2.05, 4.69) is 12.1 Å². The van der Waals surface area contributed by atoms with E-state index in [0.29, 0.717) is 37.7 Å². The molecule has 1 N–H and O–H groups in total. The Hall–Kier alpha value is -3.57. The Balaban J connectivity index is 1.50. The van der Waals surface area contributed by atoms with Gasteiger partial charge in [0.05, 0.1) is 23.4 Å². The van der Waals surface area contributed by atoms with Crippen molar-refractivity contribution >= 4 is 10.9 Å². The van der Waals surface area contributed by atoms with Crippen LogP contribution < -0.4 is 14.2 Å². The van der Waals surface area contributed by atoms with Gasteiger partial charge in [-0.25, -0.2) is 4.98 Å². The molecule has 0 atom stereocenters. The standard InChI is InChI=1S/C29H31NO4/c1-21-27(20-33-24-13-9-12-23(18-24)32-17-16-29(2,3)31)30-26-15-8-7-14-25(26)28(21)34-19-22-10-5-4-6-11-22/h4-15,18,31H,16-17,19-20H2,1-3H3. The van der Waals surface area contributed by atoms with Gasteiger partial charge in [0, 0.05) is 23.4 Å². The zero-order valence-electron chi connectivity index (χ0n) is 20.0. The van der Waals surface area contributed by atoms with E-state index in [-0.39, 0.29) is 0 Å². The summed E-state index contributed by atoms with van der Waals surface area (Å²) in [6, 6.07) is 25.7. The van der Waals surface area contributed by atoms with Crippen molar-refractivity contribution in [2.45, 2.75) is 46.0 Å². The van der Waals surface area contributed by atoms with Crippen LogP contribution >= 0.6 is 0 Å². The Morgan fingerprint density at radius 1 is 0.794 bits per heavy atom. The van der Waals surface area contributed by atoms with Gasteiger partial charge in [-0.15, -0.1) is 0 Å². The minimum absolute atomic E-state index is 0.311. The highest BCUT2D eigenvalue weighted by Gasteiger charge is 2.15. The third kappa shape index (κ3) is 6.27. The Bertz CT molecular complexity index is 1230. The van der Waals surface area contributed by atoms with Gasteiger partial charge in [0.15, 0.2) is 0 Å². The van der Waals surface area contributed by atoms with Crippen molar-refractivity contribution in [3.05, 3.63) is 95.7 Å². The number of benzene rings is 3. The monoisotopic (exact) mass is 457 g/mol. The molecule has 0 bridgehead atoms. The number of para-hydroxylation sites is 1. The summed E-state index contributed by atoms with van der Waals surface area (Å²) in [6.07, 6.45) is 0.546. The maximum Gasteiger partial charge on any atom is 0.134 e. The van der Waals surface area contributed by atoms with Crippen molar-refractivity contribution in [2.75, 3.05) is 6.61 Å². The van der Waals surface area contributed by atoms with Crippen LogP contribution in [0.3, 0.4) is 0 Å². The fraction of sp³-hybridized carbons (Fsp3) is 0.276. The molecule has 1 aromatic heterocycles. The normalized spacial score (nSPS) is 11.4. The molecule has 4 aromatic rings. The maximum atomic E-state index is 9.87. The molecule has 0 saturated carbocycles. The molecule has 0 aliphatic rings. The van der Waals surface area contributed by atoms with Crippen LogP contribution in [-0.4, -0.2) is 22.3 Å². The van der Waals surface area contributed by atoms with Crippen molar-refractivity contribution in [1.82, 2.24) is 4.98 Å². The van der Waals surface area contributed by atoms with Crippen molar-refractivity contribution in [1.29, 1.82) is 0 Å². The first-order valence-electron chi connectivity index (χ1n) is 11.5. The Morgan fingerprint density at radius 2 is 1.50 bits per heavy atom. The smallest absolute Gasteiger partial charge is 0.134 e. The van der Waals surface area contributed by atoms with Gasteiger partial charge in [-0.3, -0.25) is 0 Å². The first-order valence-corrected chi connectivity index (χ1v) is 11.5. The van der Waals surface area contributed by atoms with E-state index in [1.165, 1.54) is 0 Å². The molecular weight excluding hydrogens is 426 g/mol. The predicted molar refractivity (Wildman–Crippen MR) is 134 cm³/mol. The lowest BCUT2D eigenvalue weighted by molar-refractivity contribution is 0.0553. The van der Waals surface area contributed by atoms with Crippen LogP contribution in [0.15, 0.2) is 78.9 Å². The third-order valence-electron chi connectivity index (χ3n) is 5.57. The Kier molecular flexibility index (Phi) is 7.33. The summed E-state index contributed by atoms with van der Waals surface area (Å²) in [4.78, 5) is 4.84. The molecule has 34 heavy (non-hydrogen) atoms. The Morgan fingerprint density at radius 3 is 2.26 bits per heavy atom. The summed E-state index contributed by atoms with van der Waals surface area (Å²) < 4.78 is 18.1. The number of rotatable bonds is 10. The van der Waals surface area contributed by atoms with Crippen LogP contribution in [0, 0.1) is 6.92 Å². The molecule has 0 spiro atoms. The molecular formula is C29H31NO4. The number of hydrogen-bond donors (Lipinski definition) is 1. The largest absolute Gasteiger partial charge is 0.493 e. The highest BCUT2D eigenvalue weighted by molar-refractivity contribution is 5.86. The molecule has 0 aliphatic carbocycles. The average molecular weight is 458 g/mol. The number of aliphatic hydroxyl groups is 1. The molecule has 0 radical (unpaired) electrons. The first-order chi connectivity index (χ1) is 16.4. The first kappa shape index (κ1) is 23.6. The van der Waals surface area contributed by atoms with E-state index in [1.54, 1.807) is 13.8 Å². The van der Waals surface area contributed by atoms with Crippen LogP contribution in [0.2, 0.25) is 0 Å². The van der Waals surface area contributed by atoms with Crippen molar-refractivity contribution < 1.29 is 19.3 Å². The van der Waals surface area contributed by atoms with Gasteiger partial charge in [-0.05, 0) is 50.6 Å². The second-order valence-corrected chi connectivity index (χ2v) is 8.98. The zero-order chi connectivity index (χ0) is 24.0. The third-order valence-corrected chi connectivity index (χ3v) is 5.57. The molecule has 0 amide bonds. The van der Waals surface area contributed by atoms with Gasteiger partial charge in [0.1, 0.15) is 30.5 Å². The maximum absolute atomic E-state index is 9.87. The van der Waals surface area contributed by atoms with E-state index in [4.69, 9.17) is 19.2 Å². The second kappa shape index (κ2) is 10.6. The van der Waals surface area contributed by atoms with Crippen molar-refractivity contribution in [3.8, 4) is 17.2 Å². The predicted octanol–water partition coefficient (Wildman–Crippen LogP) is 6.24. The molecule has 0 unspecified atom stereocenters. The van der Waals surface area contributed by atoms with Crippen LogP contribution in [0.25, 0.3) is 10.9 Å². The summed E-state index contributed by atoms with van der Waals surface area (Å²) >= 11 is 0. The summed E-state index contributed by atoms with van der Waals surface area (Å²) in [5, 5.41) is 10.9. The quantitative estimate of drug-likeness (QED) is 0.305. The fourth-order valence-electron chi connectivity index (χ4n) is 3.61. The summed E-state index contributed by atoms with van der Waals surface area (Å²) in [6.45, 7) is 6.79. The molecule has 176 valence electrons. The molecule has 0 aliphatic heterocycles. The van der Waals surface area contributed by atoms with Crippen molar-refractivity contribution in [2.24, 2.45) is 0 Å². The van der Waals surface area contributed by atoms with Gasteiger partial charge in [0.25, 0.3) is 0 Å². The number of fused-ring (bicyclic) bond motifs is 1. The highest BCUT2D eigenvalue weighted by atomic mass is 16.5. The summed E-state index contributed by atoms with van der Waals surface area (Å²) in [7, 11) is 0. The molecule has 4 rings (SSSR count). The van der Waals surface area contributed by atoms with Crippen LogP contribution in [0.1, 0.15) is 37.1 Å². The van der Waals surface area contributed by atoms with E-state index in [9.17, 15) is 5.11 Å². The number of hydrogen-bond acceptors (Lipinski definition) is 5. The van der Waals surface area contributed by atoms with Crippen LogP contribution in [0.4, 0.5) is 0 Å². The van der Waals surface area contributed by atoms with E-state index < -0.39 is 5.60 Å². The number of nitrogens with zero attached hydrogens (tertiary/aromatic N) is 1. The highest BCUT2D eigenvalue weighted by Crippen LogP contribution is 2.32. The molecule has 3 aromatic carbocycles. The summed E-state index contributed by atoms with van der Waals surface area (Å²) in [5.74, 6) is 2.23. The van der Waals surface area contributed by atoms with Crippen LogP contribution in [0.5, 0.6) is 17.2 Å². The van der Waals surface area contributed by atoms with Crippen LogP contribution in [-0.2, 0) is 13.2 Å². The number of pyridine rings is 1. The second-order valence-electron chi connectivity index (χ2n) is 8.98. The van der Waals surface area contributed by atoms with Gasteiger partial charge >= 0.3 is 0 Å².